The zero-order valence-electron chi connectivity index (χ0n) is 7.55. The molecule has 2 saturated carbocycles. The summed E-state index contributed by atoms with van der Waals surface area (Å²) in [4.78, 5) is 10.9. The van der Waals surface area contributed by atoms with Crippen LogP contribution < -0.4 is 0 Å². The molecule has 0 heterocycles. The van der Waals surface area contributed by atoms with Gasteiger partial charge in [-0.15, -0.1) is 0 Å². The molecular weight excluding hydrogens is 152 g/mol. The lowest BCUT2D eigenvalue weighted by Gasteiger charge is -2.10. The van der Waals surface area contributed by atoms with E-state index in [-0.39, 0.29) is 5.41 Å². The number of carbonyl (C=O) groups is 1. The summed E-state index contributed by atoms with van der Waals surface area (Å²) in [7, 11) is 0. The van der Waals surface area contributed by atoms with E-state index in [9.17, 15) is 4.79 Å². The van der Waals surface area contributed by atoms with Crippen LogP contribution in [0.2, 0.25) is 0 Å². The molecule has 68 valence electrons. The van der Waals surface area contributed by atoms with Gasteiger partial charge >= 0.3 is 5.97 Å². The van der Waals surface area contributed by atoms with Crippen molar-refractivity contribution in [3.05, 3.63) is 0 Å². The number of rotatable bonds is 2. The van der Waals surface area contributed by atoms with Gasteiger partial charge in [0.25, 0.3) is 0 Å². The fourth-order valence-corrected chi connectivity index (χ4v) is 2.69. The highest BCUT2D eigenvalue weighted by Gasteiger charge is 2.59. The molecule has 2 aliphatic rings. The minimum Gasteiger partial charge on any atom is -0.481 e. The minimum absolute atomic E-state index is 0.352. The second kappa shape index (κ2) is 2.48. The van der Waals surface area contributed by atoms with Crippen molar-refractivity contribution in [2.75, 3.05) is 0 Å². The zero-order valence-corrected chi connectivity index (χ0v) is 7.55. The Morgan fingerprint density at radius 1 is 1.42 bits per heavy atom. The van der Waals surface area contributed by atoms with Gasteiger partial charge in [-0.25, -0.2) is 0 Å². The van der Waals surface area contributed by atoms with E-state index in [1.54, 1.807) is 0 Å². The summed E-state index contributed by atoms with van der Waals surface area (Å²) >= 11 is 0. The largest absolute Gasteiger partial charge is 0.481 e. The highest BCUT2D eigenvalue weighted by atomic mass is 16.4. The van der Waals surface area contributed by atoms with Crippen molar-refractivity contribution in [1.29, 1.82) is 0 Å². The van der Waals surface area contributed by atoms with Crippen LogP contribution in [0.15, 0.2) is 0 Å². The molecule has 2 atom stereocenters. The Balaban J connectivity index is 1.97. The van der Waals surface area contributed by atoms with Crippen molar-refractivity contribution in [2.24, 2.45) is 17.3 Å². The van der Waals surface area contributed by atoms with Crippen LogP contribution >= 0.6 is 0 Å². The Bertz CT molecular complexity index is 206. The van der Waals surface area contributed by atoms with Crippen LogP contribution in [0.5, 0.6) is 0 Å². The van der Waals surface area contributed by atoms with E-state index in [0.717, 1.165) is 12.3 Å². The van der Waals surface area contributed by atoms with E-state index in [1.165, 1.54) is 25.7 Å². The van der Waals surface area contributed by atoms with Gasteiger partial charge in [-0.3, -0.25) is 4.79 Å². The summed E-state index contributed by atoms with van der Waals surface area (Å²) in [6.45, 7) is 1.90. The summed E-state index contributed by atoms with van der Waals surface area (Å²) in [5.41, 5.74) is -0.352. The summed E-state index contributed by atoms with van der Waals surface area (Å²) in [5, 5.41) is 8.94. The predicted molar refractivity (Wildman–Crippen MR) is 45.8 cm³/mol. The van der Waals surface area contributed by atoms with Crippen LogP contribution in [-0.4, -0.2) is 11.1 Å². The van der Waals surface area contributed by atoms with E-state index in [2.05, 4.69) is 0 Å². The molecule has 0 aromatic rings. The maximum Gasteiger partial charge on any atom is 0.309 e. The second-order valence-electron chi connectivity index (χ2n) is 4.58. The first-order chi connectivity index (χ1) is 5.64. The second-order valence-corrected chi connectivity index (χ2v) is 4.58. The van der Waals surface area contributed by atoms with Gasteiger partial charge < -0.3 is 5.11 Å². The average Bonchev–Trinajstić information content (AvgIpc) is 2.49. The van der Waals surface area contributed by atoms with E-state index in [1.807, 2.05) is 6.92 Å². The predicted octanol–water partition coefficient (Wildman–Crippen LogP) is 2.29. The quantitative estimate of drug-likeness (QED) is 0.686. The fraction of sp³-hybridized carbons (Fsp3) is 0.900. The van der Waals surface area contributed by atoms with Gasteiger partial charge in [0.15, 0.2) is 0 Å². The molecule has 0 spiro atoms. The Morgan fingerprint density at radius 2 is 2.00 bits per heavy atom. The highest BCUT2D eigenvalue weighted by molar-refractivity contribution is 5.78. The van der Waals surface area contributed by atoms with Crippen molar-refractivity contribution < 1.29 is 9.90 Å². The van der Waals surface area contributed by atoms with Gasteiger partial charge in [0.05, 0.1) is 5.41 Å². The molecule has 0 radical (unpaired) electrons. The van der Waals surface area contributed by atoms with Crippen LogP contribution in [0.4, 0.5) is 0 Å². The number of carboxylic acid groups (broad SMARTS) is 1. The molecule has 1 N–H and O–H groups in total. The standard InChI is InChI=1S/C10H16O2/c1-10(9(11)12)6-8(10)7-4-2-3-5-7/h7-8H,2-6H2,1H3,(H,11,12). The molecule has 2 nitrogen and oxygen atoms in total. The first-order valence-electron chi connectivity index (χ1n) is 4.88. The lowest BCUT2D eigenvalue weighted by atomic mass is 9.95. The molecule has 0 saturated heterocycles. The molecule has 12 heavy (non-hydrogen) atoms. The maximum atomic E-state index is 10.9. The zero-order chi connectivity index (χ0) is 8.77. The summed E-state index contributed by atoms with van der Waals surface area (Å²) in [5.74, 6) is 0.642. The maximum absolute atomic E-state index is 10.9. The van der Waals surface area contributed by atoms with Gasteiger partial charge in [-0.2, -0.15) is 0 Å². The van der Waals surface area contributed by atoms with Crippen LogP contribution in [0.3, 0.4) is 0 Å². The molecule has 0 aromatic carbocycles. The number of carboxylic acids is 1. The molecule has 0 aromatic heterocycles. The third-order valence-electron chi connectivity index (χ3n) is 3.76. The summed E-state index contributed by atoms with van der Waals surface area (Å²) in [6, 6.07) is 0. The van der Waals surface area contributed by atoms with Crippen LogP contribution in [-0.2, 0) is 4.79 Å². The highest BCUT2D eigenvalue weighted by Crippen LogP contribution is 2.59. The van der Waals surface area contributed by atoms with Gasteiger partial charge in [-0.1, -0.05) is 25.7 Å². The Labute approximate surface area is 73.0 Å². The summed E-state index contributed by atoms with van der Waals surface area (Å²) < 4.78 is 0. The number of hydrogen-bond acceptors (Lipinski definition) is 1. The number of hydrogen-bond donors (Lipinski definition) is 1. The van der Waals surface area contributed by atoms with Crippen molar-refractivity contribution in [2.45, 2.75) is 39.0 Å². The first kappa shape index (κ1) is 8.09. The van der Waals surface area contributed by atoms with Gasteiger partial charge in [-0.05, 0) is 25.2 Å². The molecule has 2 heteroatoms. The smallest absolute Gasteiger partial charge is 0.309 e. The third-order valence-corrected chi connectivity index (χ3v) is 3.76. The SMILES string of the molecule is CC1(C(=O)O)CC1C1CCCC1. The molecule has 2 fully saturated rings. The van der Waals surface area contributed by atoms with Crippen molar-refractivity contribution >= 4 is 5.97 Å². The Morgan fingerprint density at radius 3 is 2.42 bits per heavy atom. The summed E-state index contributed by atoms with van der Waals surface area (Å²) in [6.07, 6.45) is 6.10. The topological polar surface area (TPSA) is 37.3 Å². The third kappa shape index (κ3) is 1.05. The Hall–Kier alpha value is -0.530. The van der Waals surface area contributed by atoms with Crippen molar-refractivity contribution in [3.8, 4) is 0 Å². The molecule has 2 rings (SSSR count). The molecule has 2 aliphatic carbocycles. The van der Waals surface area contributed by atoms with Gasteiger partial charge in [0.2, 0.25) is 0 Å². The van der Waals surface area contributed by atoms with Gasteiger partial charge in [0, 0.05) is 0 Å². The number of aliphatic carboxylic acids is 1. The van der Waals surface area contributed by atoms with E-state index < -0.39 is 5.97 Å². The van der Waals surface area contributed by atoms with Crippen LogP contribution in [0, 0.1) is 17.3 Å². The van der Waals surface area contributed by atoms with Crippen molar-refractivity contribution in [3.63, 3.8) is 0 Å². The minimum atomic E-state index is -0.584. The van der Waals surface area contributed by atoms with E-state index >= 15 is 0 Å². The van der Waals surface area contributed by atoms with E-state index in [4.69, 9.17) is 5.11 Å². The molecule has 2 unspecified atom stereocenters. The Kier molecular flexibility index (Phi) is 1.67. The molecule has 0 amide bonds. The van der Waals surface area contributed by atoms with Crippen molar-refractivity contribution in [1.82, 2.24) is 0 Å². The molecule has 0 bridgehead atoms. The van der Waals surface area contributed by atoms with Crippen LogP contribution in [0.1, 0.15) is 39.0 Å². The van der Waals surface area contributed by atoms with Gasteiger partial charge in [0.1, 0.15) is 0 Å². The molecular formula is C10H16O2. The normalized spacial score (nSPS) is 41.6. The first-order valence-corrected chi connectivity index (χ1v) is 4.88. The van der Waals surface area contributed by atoms with Crippen LogP contribution in [0.25, 0.3) is 0 Å². The lowest BCUT2D eigenvalue weighted by Crippen LogP contribution is -2.16. The fourth-order valence-electron chi connectivity index (χ4n) is 2.69. The monoisotopic (exact) mass is 168 g/mol. The molecule has 0 aliphatic heterocycles. The average molecular weight is 168 g/mol. The van der Waals surface area contributed by atoms with E-state index in [0.29, 0.717) is 5.92 Å². The lowest BCUT2D eigenvalue weighted by molar-refractivity contribution is -0.143.